The van der Waals surface area contributed by atoms with Gasteiger partial charge >= 0.3 is 0 Å². The predicted octanol–water partition coefficient (Wildman–Crippen LogP) is 4.45. The van der Waals surface area contributed by atoms with Crippen LogP contribution in [0.1, 0.15) is 54.4 Å². The molecule has 1 fully saturated rings. The van der Waals surface area contributed by atoms with Crippen molar-refractivity contribution in [1.29, 1.82) is 0 Å². The van der Waals surface area contributed by atoms with Gasteiger partial charge < -0.3 is 14.2 Å². The Hall–Kier alpha value is -1.65. The zero-order valence-electron chi connectivity index (χ0n) is 15.4. The molecule has 2 aromatic rings. The van der Waals surface area contributed by atoms with Crippen molar-refractivity contribution in [2.24, 2.45) is 0 Å². The first-order valence-corrected chi connectivity index (χ1v) is 9.62. The molecule has 2 aliphatic rings. The molecule has 1 aromatic heterocycles. The topological polar surface area (TPSA) is 38.5 Å². The second-order valence-electron chi connectivity index (χ2n) is 7.41. The number of ether oxygens (including phenoxy) is 1. The van der Waals surface area contributed by atoms with E-state index in [1.165, 1.54) is 49.2 Å². The van der Waals surface area contributed by atoms with Crippen LogP contribution in [0.3, 0.4) is 0 Å². The smallest absolute Gasteiger partial charge is 0.141 e. The van der Waals surface area contributed by atoms with Crippen LogP contribution in [0.2, 0.25) is 0 Å². The van der Waals surface area contributed by atoms with Crippen LogP contribution in [0.25, 0.3) is 11.1 Å². The highest BCUT2D eigenvalue weighted by Gasteiger charge is 2.24. The molecule has 0 spiro atoms. The molecule has 1 saturated heterocycles. The van der Waals surface area contributed by atoms with Crippen LogP contribution < -0.4 is 0 Å². The van der Waals surface area contributed by atoms with Crippen LogP contribution in [0, 0.1) is 13.8 Å². The molecule has 0 amide bonds. The Bertz CT molecular complexity index is 712. The van der Waals surface area contributed by atoms with Gasteiger partial charge in [-0.25, -0.2) is 0 Å². The summed E-state index contributed by atoms with van der Waals surface area (Å²) < 4.78 is 11.6. The number of likely N-dealkylation sites (tertiary alicyclic amines) is 1. The van der Waals surface area contributed by atoms with Crippen molar-refractivity contribution in [3.05, 3.63) is 40.8 Å². The molecule has 0 radical (unpaired) electrons. The lowest BCUT2D eigenvalue weighted by Gasteiger charge is -2.17. The minimum Gasteiger partial charge on any atom is -0.373 e. The van der Waals surface area contributed by atoms with Crippen LogP contribution in [0.15, 0.2) is 22.7 Å². The van der Waals surface area contributed by atoms with E-state index < -0.39 is 0 Å². The molecule has 25 heavy (non-hydrogen) atoms. The minimum absolute atomic E-state index is 0.244. The molecule has 1 atom stereocenters. The Labute approximate surface area is 150 Å². The summed E-state index contributed by atoms with van der Waals surface area (Å²) in [7, 11) is 0. The first-order valence-electron chi connectivity index (χ1n) is 9.62. The fourth-order valence-corrected chi connectivity index (χ4v) is 4.31. The highest BCUT2D eigenvalue weighted by Crippen LogP contribution is 2.38. The lowest BCUT2D eigenvalue weighted by molar-refractivity contribution is 0.0484. The second-order valence-corrected chi connectivity index (χ2v) is 7.41. The van der Waals surface area contributed by atoms with Gasteiger partial charge in [-0.3, -0.25) is 0 Å². The highest BCUT2D eigenvalue weighted by molar-refractivity contribution is 5.69. The van der Waals surface area contributed by atoms with Crippen molar-refractivity contribution < 1.29 is 9.26 Å². The van der Waals surface area contributed by atoms with Crippen molar-refractivity contribution in [2.45, 2.75) is 52.1 Å². The average Bonchev–Trinajstić information content (AvgIpc) is 3.33. The first-order chi connectivity index (χ1) is 12.2. The Morgan fingerprint density at radius 2 is 2.08 bits per heavy atom. The van der Waals surface area contributed by atoms with Gasteiger partial charge in [0.15, 0.2) is 0 Å². The van der Waals surface area contributed by atoms with E-state index in [1.54, 1.807) is 0 Å². The van der Waals surface area contributed by atoms with Gasteiger partial charge in [-0.05, 0) is 81.8 Å². The van der Waals surface area contributed by atoms with E-state index in [4.69, 9.17) is 9.26 Å². The molecular formula is C21H28N2O2. The monoisotopic (exact) mass is 340 g/mol. The van der Waals surface area contributed by atoms with Gasteiger partial charge in [-0.1, -0.05) is 17.3 Å². The van der Waals surface area contributed by atoms with Crippen molar-refractivity contribution in [3.8, 4) is 11.1 Å². The Morgan fingerprint density at radius 1 is 1.24 bits per heavy atom. The number of aryl methyl sites for hydroxylation is 3. The van der Waals surface area contributed by atoms with Gasteiger partial charge in [-0.15, -0.1) is 0 Å². The highest BCUT2D eigenvalue weighted by atomic mass is 16.5. The van der Waals surface area contributed by atoms with Crippen LogP contribution in [0.4, 0.5) is 0 Å². The largest absolute Gasteiger partial charge is 0.373 e. The predicted molar refractivity (Wildman–Crippen MR) is 98.7 cm³/mol. The van der Waals surface area contributed by atoms with Gasteiger partial charge in [0.1, 0.15) is 5.76 Å². The van der Waals surface area contributed by atoms with E-state index >= 15 is 0 Å². The number of benzene rings is 1. The average molecular weight is 340 g/mol. The third-order valence-electron chi connectivity index (χ3n) is 5.63. The number of hydrogen-bond acceptors (Lipinski definition) is 4. The molecule has 134 valence electrons. The van der Waals surface area contributed by atoms with Gasteiger partial charge in [0.05, 0.1) is 11.8 Å². The molecular weight excluding hydrogens is 312 g/mol. The Kier molecular flexibility index (Phi) is 4.91. The van der Waals surface area contributed by atoms with Gasteiger partial charge in [0.2, 0.25) is 0 Å². The summed E-state index contributed by atoms with van der Waals surface area (Å²) in [4.78, 5) is 2.56. The minimum atomic E-state index is 0.244. The SMILES string of the molecule is Cc1noc(C)c1-c1ccc2c(c1)C(OCCCN1CCCC1)CC2. The molecule has 0 N–H and O–H groups in total. The third-order valence-corrected chi connectivity index (χ3v) is 5.63. The zero-order valence-corrected chi connectivity index (χ0v) is 15.4. The van der Waals surface area contributed by atoms with Crippen LogP contribution in [-0.4, -0.2) is 36.3 Å². The van der Waals surface area contributed by atoms with E-state index in [9.17, 15) is 0 Å². The van der Waals surface area contributed by atoms with Gasteiger partial charge in [0, 0.05) is 18.7 Å². The molecule has 1 aromatic carbocycles. The molecule has 1 aliphatic carbocycles. The quantitative estimate of drug-likeness (QED) is 0.728. The Morgan fingerprint density at radius 3 is 2.84 bits per heavy atom. The molecule has 1 unspecified atom stereocenters. The van der Waals surface area contributed by atoms with Crippen molar-refractivity contribution in [3.63, 3.8) is 0 Å². The summed E-state index contributed by atoms with van der Waals surface area (Å²) >= 11 is 0. The fourth-order valence-electron chi connectivity index (χ4n) is 4.31. The van der Waals surface area contributed by atoms with Crippen molar-refractivity contribution in [2.75, 3.05) is 26.2 Å². The molecule has 4 heteroatoms. The Balaban J connectivity index is 1.41. The van der Waals surface area contributed by atoms with E-state index in [2.05, 4.69) is 28.3 Å². The molecule has 1 aliphatic heterocycles. The lowest BCUT2D eigenvalue weighted by Crippen LogP contribution is -2.21. The van der Waals surface area contributed by atoms with E-state index in [0.717, 1.165) is 42.9 Å². The summed E-state index contributed by atoms with van der Waals surface area (Å²) in [6.07, 6.45) is 6.32. The van der Waals surface area contributed by atoms with Crippen LogP contribution in [-0.2, 0) is 11.2 Å². The molecule has 4 rings (SSSR count). The number of aromatic nitrogens is 1. The van der Waals surface area contributed by atoms with Crippen LogP contribution in [0.5, 0.6) is 0 Å². The fraction of sp³-hybridized carbons (Fsp3) is 0.571. The number of nitrogens with zero attached hydrogens (tertiary/aromatic N) is 2. The van der Waals surface area contributed by atoms with Gasteiger partial charge in [-0.2, -0.15) is 0 Å². The maximum Gasteiger partial charge on any atom is 0.141 e. The number of fused-ring (bicyclic) bond motifs is 1. The summed E-state index contributed by atoms with van der Waals surface area (Å²) in [6, 6.07) is 6.74. The first kappa shape index (κ1) is 16.8. The van der Waals surface area contributed by atoms with Gasteiger partial charge in [0.25, 0.3) is 0 Å². The van der Waals surface area contributed by atoms with Crippen LogP contribution >= 0.6 is 0 Å². The summed E-state index contributed by atoms with van der Waals surface area (Å²) in [5, 5.41) is 4.09. The normalized spacial score (nSPS) is 20.3. The standard InChI is InChI=1S/C21H28N2O2/c1-15-21(16(2)25-22-15)18-7-6-17-8-9-20(19(17)14-18)24-13-5-12-23-10-3-4-11-23/h6-7,14,20H,3-5,8-13H2,1-2H3. The maximum absolute atomic E-state index is 6.26. The van der Waals surface area contributed by atoms with Crippen molar-refractivity contribution in [1.82, 2.24) is 10.1 Å². The molecule has 0 bridgehead atoms. The molecule has 0 saturated carbocycles. The molecule has 4 nitrogen and oxygen atoms in total. The van der Waals surface area contributed by atoms with E-state index in [-0.39, 0.29) is 6.10 Å². The van der Waals surface area contributed by atoms with E-state index in [1.807, 2.05) is 13.8 Å². The lowest BCUT2D eigenvalue weighted by atomic mass is 9.99. The summed E-state index contributed by atoms with van der Waals surface area (Å²) in [5.74, 6) is 0.888. The molecule has 2 heterocycles. The summed E-state index contributed by atoms with van der Waals surface area (Å²) in [6.45, 7) is 8.56. The third kappa shape index (κ3) is 3.51. The zero-order chi connectivity index (χ0) is 17.2. The van der Waals surface area contributed by atoms with E-state index in [0.29, 0.717) is 0 Å². The van der Waals surface area contributed by atoms with Crippen molar-refractivity contribution >= 4 is 0 Å². The number of rotatable bonds is 6. The summed E-state index contributed by atoms with van der Waals surface area (Å²) in [5.41, 5.74) is 6.07. The maximum atomic E-state index is 6.26. The second kappa shape index (κ2) is 7.30. The number of hydrogen-bond donors (Lipinski definition) is 0.